The largest absolute Gasteiger partial charge is 0.480 e. The van der Waals surface area contributed by atoms with Crippen molar-refractivity contribution in [1.29, 1.82) is 0 Å². The van der Waals surface area contributed by atoms with E-state index in [9.17, 15) is 9.90 Å². The van der Waals surface area contributed by atoms with Gasteiger partial charge in [0.25, 0.3) is 0 Å². The second-order valence-electron chi connectivity index (χ2n) is 6.70. The first-order chi connectivity index (χ1) is 10.1. The second-order valence-corrected chi connectivity index (χ2v) is 6.70. The van der Waals surface area contributed by atoms with Gasteiger partial charge in [-0.1, -0.05) is 6.92 Å². The standard InChI is InChI=1S/C16H31N3O2/c1-3-17-16(15(20)21)8-6-7-14(13-16)18(2)11-12-19-9-4-5-10-19/h14,17H,3-13H2,1-2H3,(H,20,21). The molecule has 1 saturated heterocycles. The van der Waals surface area contributed by atoms with Crippen LogP contribution in [0.2, 0.25) is 0 Å². The number of hydrogen-bond acceptors (Lipinski definition) is 4. The van der Waals surface area contributed by atoms with Crippen LogP contribution < -0.4 is 5.32 Å². The Morgan fingerprint density at radius 3 is 2.71 bits per heavy atom. The number of rotatable bonds is 7. The maximum Gasteiger partial charge on any atom is 0.323 e. The molecule has 2 aliphatic rings. The van der Waals surface area contributed by atoms with Crippen LogP contribution >= 0.6 is 0 Å². The van der Waals surface area contributed by atoms with Gasteiger partial charge in [0.05, 0.1) is 0 Å². The number of nitrogens with zero attached hydrogens (tertiary/aromatic N) is 2. The molecule has 1 heterocycles. The molecule has 0 aromatic heterocycles. The molecule has 0 bridgehead atoms. The summed E-state index contributed by atoms with van der Waals surface area (Å²) in [7, 11) is 2.16. The van der Waals surface area contributed by atoms with Gasteiger partial charge >= 0.3 is 5.97 Å². The van der Waals surface area contributed by atoms with Crippen molar-refractivity contribution in [1.82, 2.24) is 15.1 Å². The fourth-order valence-electron chi connectivity index (χ4n) is 3.88. The number of carboxylic acids is 1. The first kappa shape index (κ1) is 16.7. The lowest BCUT2D eigenvalue weighted by molar-refractivity contribution is -0.147. The highest BCUT2D eigenvalue weighted by molar-refractivity contribution is 5.79. The zero-order chi connectivity index (χ0) is 15.3. The molecule has 122 valence electrons. The number of hydrogen-bond donors (Lipinski definition) is 2. The molecule has 2 fully saturated rings. The van der Waals surface area contributed by atoms with Gasteiger partial charge in [-0.05, 0) is 65.2 Å². The summed E-state index contributed by atoms with van der Waals surface area (Å²) in [6, 6.07) is 0.386. The Kier molecular flexibility index (Phi) is 6.02. The average Bonchev–Trinajstić information content (AvgIpc) is 2.98. The minimum atomic E-state index is -0.709. The van der Waals surface area contributed by atoms with Gasteiger partial charge in [-0.25, -0.2) is 0 Å². The Morgan fingerprint density at radius 1 is 1.38 bits per heavy atom. The van der Waals surface area contributed by atoms with E-state index in [4.69, 9.17) is 0 Å². The molecule has 5 heteroatoms. The quantitative estimate of drug-likeness (QED) is 0.744. The summed E-state index contributed by atoms with van der Waals surface area (Å²) < 4.78 is 0. The van der Waals surface area contributed by atoms with Gasteiger partial charge in [0, 0.05) is 19.1 Å². The van der Waals surface area contributed by atoms with Gasteiger partial charge in [0.15, 0.2) is 0 Å². The molecule has 2 rings (SSSR count). The molecule has 2 N–H and O–H groups in total. The Bertz CT molecular complexity index is 340. The molecule has 2 unspecified atom stereocenters. The molecule has 0 radical (unpaired) electrons. The SMILES string of the molecule is CCNC1(C(=O)O)CCCC(N(C)CCN2CCCC2)C1. The van der Waals surface area contributed by atoms with Crippen molar-refractivity contribution >= 4 is 5.97 Å². The Morgan fingerprint density at radius 2 is 2.10 bits per heavy atom. The van der Waals surface area contributed by atoms with E-state index in [1.165, 1.54) is 25.9 Å². The molecule has 0 aromatic rings. The topological polar surface area (TPSA) is 55.8 Å². The molecule has 5 nitrogen and oxygen atoms in total. The van der Waals surface area contributed by atoms with Crippen molar-refractivity contribution in [3.8, 4) is 0 Å². The first-order valence-electron chi connectivity index (χ1n) is 8.48. The maximum absolute atomic E-state index is 11.7. The number of likely N-dealkylation sites (tertiary alicyclic amines) is 1. The second kappa shape index (κ2) is 7.56. The van der Waals surface area contributed by atoms with Crippen molar-refractivity contribution in [2.24, 2.45) is 0 Å². The van der Waals surface area contributed by atoms with Crippen LogP contribution in [0.15, 0.2) is 0 Å². The fraction of sp³-hybridized carbons (Fsp3) is 0.938. The van der Waals surface area contributed by atoms with Crippen LogP contribution in [0.3, 0.4) is 0 Å². The third kappa shape index (κ3) is 4.18. The summed E-state index contributed by atoms with van der Waals surface area (Å²) in [6.07, 6.45) is 6.26. The lowest BCUT2D eigenvalue weighted by atomic mass is 9.78. The van der Waals surface area contributed by atoms with Gasteiger partial charge in [0.1, 0.15) is 5.54 Å². The number of nitrogens with one attached hydrogen (secondary N) is 1. The Balaban J connectivity index is 1.87. The van der Waals surface area contributed by atoms with Crippen molar-refractivity contribution in [3.05, 3.63) is 0 Å². The normalized spacial score (nSPS) is 30.9. The highest BCUT2D eigenvalue weighted by atomic mass is 16.4. The molecular weight excluding hydrogens is 266 g/mol. The predicted molar refractivity (Wildman–Crippen MR) is 84.6 cm³/mol. The van der Waals surface area contributed by atoms with Crippen LogP contribution in [0.25, 0.3) is 0 Å². The van der Waals surface area contributed by atoms with Gasteiger partial charge in [0.2, 0.25) is 0 Å². The summed E-state index contributed by atoms with van der Waals surface area (Å²) in [6.45, 7) is 7.34. The third-order valence-electron chi connectivity index (χ3n) is 5.24. The Labute approximate surface area is 128 Å². The third-order valence-corrected chi connectivity index (χ3v) is 5.24. The smallest absolute Gasteiger partial charge is 0.323 e. The summed E-state index contributed by atoms with van der Waals surface area (Å²) in [5.74, 6) is -0.679. The molecule has 2 atom stereocenters. The molecule has 21 heavy (non-hydrogen) atoms. The molecule has 0 spiro atoms. The van der Waals surface area contributed by atoms with E-state index in [1.807, 2.05) is 6.92 Å². The number of aliphatic carboxylic acids is 1. The van der Waals surface area contributed by atoms with Crippen LogP contribution in [0, 0.1) is 0 Å². The summed E-state index contributed by atoms with van der Waals surface area (Å²) in [4.78, 5) is 16.6. The van der Waals surface area contributed by atoms with E-state index in [0.717, 1.165) is 45.3 Å². The van der Waals surface area contributed by atoms with Crippen molar-refractivity contribution < 1.29 is 9.90 Å². The van der Waals surface area contributed by atoms with Crippen molar-refractivity contribution in [3.63, 3.8) is 0 Å². The molecule has 1 saturated carbocycles. The van der Waals surface area contributed by atoms with E-state index in [1.54, 1.807) is 0 Å². The number of carbonyl (C=O) groups is 1. The molecule has 1 aliphatic carbocycles. The van der Waals surface area contributed by atoms with Crippen LogP contribution in [0.5, 0.6) is 0 Å². The highest BCUT2D eigenvalue weighted by Gasteiger charge is 2.43. The summed E-state index contributed by atoms with van der Waals surface area (Å²) in [5.41, 5.74) is -0.709. The van der Waals surface area contributed by atoms with E-state index in [2.05, 4.69) is 22.2 Å². The van der Waals surface area contributed by atoms with E-state index < -0.39 is 11.5 Å². The van der Waals surface area contributed by atoms with Crippen molar-refractivity contribution in [2.75, 3.05) is 39.8 Å². The number of likely N-dealkylation sites (N-methyl/N-ethyl adjacent to an activating group) is 2. The number of carboxylic acid groups (broad SMARTS) is 1. The lowest BCUT2D eigenvalue weighted by Crippen LogP contribution is -2.58. The zero-order valence-electron chi connectivity index (χ0n) is 13.6. The summed E-state index contributed by atoms with van der Waals surface area (Å²) >= 11 is 0. The molecular formula is C16H31N3O2. The van der Waals surface area contributed by atoms with Crippen LogP contribution in [-0.2, 0) is 4.79 Å². The minimum Gasteiger partial charge on any atom is -0.480 e. The summed E-state index contributed by atoms with van der Waals surface area (Å²) in [5, 5.41) is 12.9. The van der Waals surface area contributed by atoms with E-state index in [0.29, 0.717) is 6.04 Å². The minimum absolute atomic E-state index is 0.386. The van der Waals surface area contributed by atoms with Crippen LogP contribution in [-0.4, -0.2) is 72.2 Å². The van der Waals surface area contributed by atoms with Gasteiger partial charge in [-0.3, -0.25) is 4.79 Å². The van der Waals surface area contributed by atoms with Crippen LogP contribution in [0.1, 0.15) is 45.4 Å². The lowest BCUT2D eigenvalue weighted by Gasteiger charge is -2.42. The van der Waals surface area contributed by atoms with E-state index in [-0.39, 0.29) is 0 Å². The zero-order valence-corrected chi connectivity index (χ0v) is 13.6. The van der Waals surface area contributed by atoms with Crippen LogP contribution in [0.4, 0.5) is 0 Å². The Hall–Kier alpha value is -0.650. The monoisotopic (exact) mass is 297 g/mol. The fourth-order valence-corrected chi connectivity index (χ4v) is 3.88. The molecule has 0 aromatic carbocycles. The first-order valence-corrected chi connectivity index (χ1v) is 8.48. The van der Waals surface area contributed by atoms with Gasteiger partial charge in [-0.15, -0.1) is 0 Å². The molecule has 0 amide bonds. The predicted octanol–water partition coefficient (Wildman–Crippen LogP) is 1.39. The molecule has 1 aliphatic heterocycles. The maximum atomic E-state index is 11.7. The van der Waals surface area contributed by atoms with Gasteiger partial charge in [-0.2, -0.15) is 0 Å². The van der Waals surface area contributed by atoms with E-state index >= 15 is 0 Å². The van der Waals surface area contributed by atoms with Gasteiger partial charge < -0.3 is 20.2 Å². The van der Waals surface area contributed by atoms with Crippen molar-refractivity contribution in [2.45, 2.75) is 57.0 Å². The average molecular weight is 297 g/mol. The highest BCUT2D eigenvalue weighted by Crippen LogP contribution is 2.31.